The molecule has 0 heterocycles. The molecule has 0 fully saturated rings. The summed E-state index contributed by atoms with van der Waals surface area (Å²) in [5.41, 5.74) is 3.45. The number of amides is 1. The fourth-order valence-corrected chi connectivity index (χ4v) is 5.34. The van der Waals surface area contributed by atoms with Gasteiger partial charge in [0.1, 0.15) is 5.82 Å². The predicted molar refractivity (Wildman–Crippen MR) is 125 cm³/mol. The average Bonchev–Trinajstić information content (AvgIpc) is 2.74. The van der Waals surface area contributed by atoms with E-state index < -0.39 is 15.8 Å². The highest BCUT2D eigenvalue weighted by atomic mass is 32.2. The second-order valence-corrected chi connectivity index (χ2v) is 9.48. The van der Waals surface area contributed by atoms with E-state index in [1.807, 2.05) is 25.1 Å². The van der Waals surface area contributed by atoms with Crippen molar-refractivity contribution in [2.45, 2.75) is 32.1 Å². The van der Waals surface area contributed by atoms with Gasteiger partial charge in [-0.15, -0.1) is 0 Å². The van der Waals surface area contributed by atoms with Crippen molar-refractivity contribution in [3.8, 4) is 0 Å². The zero-order valence-corrected chi connectivity index (χ0v) is 19.2. The Balaban J connectivity index is 1.73. The first kappa shape index (κ1) is 23.6. The summed E-state index contributed by atoms with van der Waals surface area (Å²) in [6.45, 7) is 5.92. The van der Waals surface area contributed by atoms with E-state index in [-0.39, 0.29) is 19.0 Å². The maximum Gasteiger partial charge on any atom is 0.258 e. The topological polar surface area (TPSA) is 66.5 Å². The Bertz CT molecular complexity index is 1170. The van der Waals surface area contributed by atoms with Crippen LogP contribution >= 0.6 is 0 Å². The highest BCUT2D eigenvalue weighted by molar-refractivity contribution is 7.89. The molecule has 0 unspecified atom stereocenters. The maximum atomic E-state index is 13.4. The molecular weight excluding hydrogens is 427 g/mol. The summed E-state index contributed by atoms with van der Waals surface area (Å²) in [5, 5.41) is 0. The van der Waals surface area contributed by atoms with Gasteiger partial charge in [-0.2, -0.15) is 0 Å². The highest BCUT2D eigenvalue weighted by Crippen LogP contribution is 2.22. The van der Waals surface area contributed by atoms with Gasteiger partial charge >= 0.3 is 0 Å². The fourth-order valence-electron chi connectivity index (χ4n) is 3.81. The Morgan fingerprint density at radius 2 is 1.53 bits per heavy atom. The summed E-state index contributed by atoms with van der Waals surface area (Å²) < 4.78 is 41.7. The molecule has 0 saturated heterocycles. The monoisotopic (exact) mass is 454 g/mol. The van der Waals surface area contributed by atoms with Crippen molar-refractivity contribution in [1.29, 1.82) is 0 Å². The van der Waals surface area contributed by atoms with Crippen molar-refractivity contribution in [1.82, 2.24) is 4.72 Å². The van der Waals surface area contributed by atoms with Crippen LogP contribution in [-0.4, -0.2) is 27.4 Å². The third-order valence-electron chi connectivity index (χ3n) is 5.13. The van der Waals surface area contributed by atoms with E-state index in [1.165, 1.54) is 17.0 Å². The number of anilines is 1. The van der Waals surface area contributed by atoms with E-state index in [9.17, 15) is 17.6 Å². The number of aryl methyl sites for hydroxylation is 3. The first-order chi connectivity index (χ1) is 15.2. The first-order valence-corrected chi connectivity index (χ1v) is 11.9. The molecule has 1 N–H and O–H groups in total. The van der Waals surface area contributed by atoms with Gasteiger partial charge in [-0.25, -0.2) is 17.5 Å². The van der Waals surface area contributed by atoms with Crippen LogP contribution in [0.15, 0.2) is 71.6 Å². The number of sulfonamides is 1. The number of hydrogen-bond acceptors (Lipinski definition) is 3. The van der Waals surface area contributed by atoms with Crippen LogP contribution in [0.25, 0.3) is 0 Å². The Morgan fingerprint density at radius 1 is 0.938 bits per heavy atom. The zero-order chi connectivity index (χ0) is 23.3. The van der Waals surface area contributed by atoms with Gasteiger partial charge < -0.3 is 4.90 Å². The average molecular weight is 455 g/mol. The fraction of sp³-hybridized carbons (Fsp3) is 0.240. The van der Waals surface area contributed by atoms with Gasteiger partial charge in [0.15, 0.2) is 0 Å². The number of carbonyl (C=O) groups excluding carboxylic acids is 1. The number of carbonyl (C=O) groups is 1. The second-order valence-electron chi connectivity index (χ2n) is 7.78. The quantitative estimate of drug-likeness (QED) is 0.499. The summed E-state index contributed by atoms with van der Waals surface area (Å²) in [7, 11) is -3.68. The SMILES string of the molecule is Cc1cc(C)c(S(=O)(=O)NCCCN(C(=O)c2ccccc2)c2ccc(F)cc2)c(C)c1. The van der Waals surface area contributed by atoms with Gasteiger partial charge in [0.25, 0.3) is 5.91 Å². The minimum absolute atomic E-state index is 0.162. The molecule has 0 spiro atoms. The normalized spacial score (nSPS) is 11.4. The molecule has 1 amide bonds. The Morgan fingerprint density at radius 3 is 2.12 bits per heavy atom. The number of benzene rings is 3. The molecule has 0 radical (unpaired) electrons. The second kappa shape index (κ2) is 10.1. The Labute approximate surface area is 188 Å². The molecule has 0 aromatic heterocycles. The van der Waals surface area contributed by atoms with Crippen LogP contribution in [0.4, 0.5) is 10.1 Å². The van der Waals surface area contributed by atoms with Gasteiger partial charge in [0.2, 0.25) is 10.0 Å². The lowest BCUT2D eigenvalue weighted by Gasteiger charge is -2.23. The van der Waals surface area contributed by atoms with Crippen molar-refractivity contribution >= 4 is 21.6 Å². The van der Waals surface area contributed by atoms with Crippen LogP contribution in [-0.2, 0) is 10.0 Å². The lowest BCUT2D eigenvalue weighted by atomic mass is 10.1. The van der Waals surface area contributed by atoms with E-state index in [4.69, 9.17) is 0 Å². The standard InChI is InChI=1S/C25H27FN2O3S/c1-18-16-19(2)24(20(3)17-18)32(30,31)27-14-7-15-28(23-12-10-22(26)11-13-23)25(29)21-8-5-4-6-9-21/h4-6,8-13,16-17,27H,7,14-15H2,1-3H3. The van der Waals surface area contributed by atoms with E-state index in [1.54, 1.807) is 50.2 Å². The lowest BCUT2D eigenvalue weighted by molar-refractivity contribution is 0.0986. The Hall–Kier alpha value is -3.03. The molecule has 0 saturated carbocycles. The molecule has 0 aliphatic heterocycles. The number of rotatable bonds is 8. The molecule has 0 bridgehead atoms. The van der Waals surface area contributed by atoms with Crippen LogP contribution in [0.3, 0.4) is 0 Å². The van der Waals surface area contributed by atoms with Crippen LogP contribution in [0.1, 0.15) is 33.5 Å². The molecular formula is C25H27FN2O3S. The Kier molecular flexibility index (Phi) is 7.43. The summed E-state index contributed by atoms with van der Waals surface area (Å²) in [5.74, 6) is -0.622. The van der Waals surface area contributed by atoms with Crippen molar-refractivity contribution in [2.24, 2.45) is 0 Å². The first-order valence-electron chi connectivity index (χ1n) is 10.4. The predicted octanol–water partition coefficient (Wildman–Crippen LogP) is 4.77. The van der Waals surface area contributed by atoms with Crippen molar-refractivity contribution in [3.05, 3.63) is 94.8 Å². The van der Waals surface area contributed by atoms with Crippen molar-refractivity contribution < 1.29 is 17.6 Å². The minimum Gasteiger partial charge on any atom is -0.308 e. The van der Waals surface area contributed by atoms with E-state index >= 15 is 0 Å². The third-order valence-corrected chi connectivity index (χ3v) is 6.89. The molecule has 0 atom stereocenters. The van der Waals surface area contributed by atoms with Gasteiger partial charge in [-0.05, 0) is 74.7 Å². The molecule has 32 heavy (non-hydrogen) atoms. The molecule has 3 rings (SSSR count). The van der Waals surface area contributed by atoms with Gasteiger partial charge in [0, 0.05) is 24.3 Å². The largest absolute Gasteiger partial charge is 0.308 e. The summed E-state index contributed by atoms with van der Waals surface area (Å²) in [6, 6.07) is 18.2. The maximum absolute atomic E-state index is 13.4. The molecule has 3 aromatic rings. The van der Waals surface area contributed by atoms with Crippen LogP contribution in [0, 0.1) is 26.6 Å². The number of halogens is 1. The zero-order valence-electron chi connectivity index (χ0n) is 18.4. The summed E-state index contributed by atoms with van der Waals surface area (Å²) >= 11 is 0. The van der Waals surface area contributed by atoms with Gasteiger partial charge in [-0.1, -0.05) is 35.9 Å². The van der Waals surface area contributed by atoms with E-state index in [0.29, 0.717) is 33.7 Å². The van der Waals surface area contributed by atoms with Crippen LogP contribution < -0.4 is 9.62 Å². The van der Waals surface area contributed by atoms with Gasteiger partial charge in [0.05, 0.1) is 4.90 Å². The van der Waals surface area contributed by atoms with Crippen LogP contribution in [0.2, 0.25) is 0 Å². The molecule has 168 valence electrons. The smallest absolute Gasteiger partial charge is 0.258 e. The van der Waals surface area contributed by atoms with Crippen molar-refractivity contribution in [3.63, 3.8) is 0 Å². The number of nitrogens with one attached hydrogen (secondary N) is 1. The highest BCUT2D eigenvalue weighted by Gasteiger charge is 2.21. The minimum atomic E-state index is -3.68. The third kappa shape index (κ3) is 5.60. The summed E-state index contributed by atoms with van der Waals surface area (Å²) in [6.07, 6.45) is 0.388. The van der Waals surface area contributed by atoms with Crippen molar-refractivity contribution in [2.75, 3.05) is 18.0 Å². The molecule has 0 aliphatic rings. The van der Waals surface area contributed by atoms with E-state index in [2.05, 4.69) is 4.72 Å². The van der Waals surface area contributed by atoms with Gasteiger partial charge in [-0.3, -0.25) is 4.79 Å². The van der Waals surface area contributed by atoms with E-state index in [0.717, 1.165) is 5.56 Å². The number of hydrogen-bond donors (Lipinski definition) is 1. The summed E-state index contributed by atoms with van der Waals surface area (Å²) in [4.78, 5) is 14.9. The molecule has 7 heteroatoms. The molecule has 0 aliphatic carbocycles. The molecule has 5 nitrogen and oxygen atoms in total. The van der Waals surface area contributed by atoms with Crippen LogP contribution in [0.5, 0.6) is 0 Å². The molecule has 3 aromatic carbocycles. The lowest BCUT2D eigenvalue weighted by Crippen LogP contribution is -2.34. The number of nitrogens with zero attached hydrogens (tertiary/aromatic N) is 1.